The molecule has 2 fully saturated rings. The molecule has 116 valence electrons. The van der Waals surface area contributed by atoms with Crippen molar-refractivity contribution in [2.24, 2.45) is 10.8 Å². The first-order chi connectivity index (χ1) is 9.66. The highest BCUT2D eigenvalue weighted by Gasteiger charge is 2.41. The summed E-state index contributed by atoms with van der Waals surface area (Å²) >= 11 is 0. The number of aliphatic hydroxyl groups excluding tert-OH is 1. The third-order valence-electron chi connectivity index (χ3n) is 5.33. The number of carbonyl (C=O) groups is 1. The Bertz CT molecular complexity index is 318. The zero-order valence-corrected chi connectivity index (χ0v) is 12.8. The lowest BCUT2D eigenvalue weighted by atomic mass is 9.74. The van der Waals surface area contributed by atoms with Gasteiger partial charge >= 0.3 is 0 Å². The molecule has 4 heteroatoms. The van der Waals surface area contributed by atoms with Gasteiger partial charge in [-0.3, -0.25) is 4.79 Å². The van der Waals surface area contributed by atoms with Gasteiger partial charge in [-0.2, -0.15) is 0 Å². The van der Waals surface area contributed by atoms with Gasteiger partial charge in [0.15, 0.2) is 0 Å². The van der Waals surface area contributed by atoms with Crippen LogP contribution in [0, 0.1) is 10.8 Å². The number of hydrogen-bond donors (Lipinski definition) is 3. The number of aliphatic hydroxyl groups is 1. The zero-order valence-electron chi connectivity index (χ0n) is 12.8. The average molecular weight is 282 g/mol. The van der Waals surface area contributed by atoms with E-state index in [1.54, 1.807) is 0 Å². The molecule has 0 aromatic rings. The molecular formula is C16H30N2O2. The molecule has 0 spiro atoms. The molecule has 2 rings (SSSR count). The predicted octanol–water partition coefficient (Wildman–Crippen LogP) is 1.83. The molecule has 2 aliphatic rings. The average Bonchev–Trinajstić information content (AvgIpc) is 2.96. The largest absolute Gasteiger partial charge is 0.396 e. The van der Waals surface area contributed by atoms with E-state index in [4.69, 9.17) is 0 Å². The van der Waals surface area contributed by atoms with Crippen LogP contribution in [0.15, 0.2) is 0 Å². The molecule has 1 heterocycles. The molecule has 0 aromatic heterocycles. The second-order valence-electron chi connectivity index (χ2n) is 6.86. The highest BCUT2D eigenvalue weighted by atomic mass is 16.3. The molecule has 1 aliphatic carbocycles. The molecule has 3 N–H and O–H groups in total. The number of rotatable bonds is 6. The van der Waals surface area contributed by atoms with Gasteiger partial charge in [0.1, 0.15) is 0 Å². The quantitative estimate of drug-likeness (QED) is 0.696. The summed E-state index contributed by atoms with van der Waals surface area (Å²) in [6, 6.07) is 0. The van der Waals surface area contributed by atoms with Gasteiger partial charge in [-0.05, 0) is 32.2 Å². The first-order valence-electron chi connectivity index (χ1n) is 8.26. The van der Waals surface area contributed by atoms with Gasteiger partial charge < -0.3 is 15.7 Å². The Labute approximate surface area is 122 Å². The second-order valence-corrected chi connectivity index (χ2v) is 6.86. The summed E-state index contributed by atoms with van der Waals surface area (Å²) in [6.45, 7) is 4.74. The maximum atomic E-state index is 12.6. The van der Waals surface area contributed by atoms with Crippen LogP contribution in [0.25, 0.3) is 0 Å². The van der Waals surface area contributed by atoms with E-state index >= 15 is 0 Å². The van der Waals surface area contributed by atoms with E-state index in [0.717, 1.165) is 45.2 Å². The van der Waals surface area contributed by atoms with Crippen LogP contribution in [0.4, 0.5) is 0 Å². The van der Waals surface area contributed by atoms with E-state index in [0.29, 0.717) is 6.54 Å². The Balaban J connectivity index is 1.92. The van der Waals surface area contributed by atoms with Crippen molar-refractivity contribution >= 4 is 5.91 Å². The van der Waals surface area contributed by atoms with Crippen molar-refractivity contribution in [2.75, 3.05) is 26.2 Å². The molecule has 20 heavy (non-hydrogen) atoms. The molecule has 0 aromatic carbocycles. The number of nitrogens with one attached hydrogen (secondary N) is 2. The molecule has 0 radical (unpaired) electrons. The molecule has 4 nitrogen and oxygen atoms in total. The molecular weight excluding hydrogens is 252 g/mol. The molecule has 1 saturated carbocycles. The SMILES string of the molecule is CCCC1(C(=O)NCC2(CO)CCCCC2)CCNC1. The number of amides is 1. The van der Waals surface area contributed by atoms with Gasteiger partial charge in [-0.1, -0.05) is 32.6 Å². The monoisotopic (exact) mass is 282 g/mol. The fourth-order valence-corrected chi connectivity index (χ4v) is 3.89. The Morgan fingerprint density at radius 1 is 1.25 bits per heavy atom. The summed E-state index contributed by atoms with van der Waals surface area (Å²) in [4.78, 5) is 12.6. The Morgan fingerprint density at radius 3 is 2.55 bits per heavy atom. The van der Waals surface area contributed by atoms with Crippen LogP contribution in [0.5, 0.6) is 0 Å². The lowest BCUT2D eigenvalue weighted by Gasteiger charge is -2.37. The fourth-order valence-electron chi connectivity index (χ4n) is 3.89. The Hall–Kier alpha value is -0.610. The number of carbonyl (C=O) groups excluding carboxylic acids is 1. The fraction of sp³-hybridized carbons (Fsp3) is 0.938. The Kier molecular flexibility index (Phi) is 5.44. The minimum absolute atomic E-state index is 0.0622. The Morgan fingerprint density at radius 2 is 2.00 bits per heavy atom. The standard InChI is InChI=1S/C16H30N2O2/c1-2-6-16(9-10-17-12-16)14(20)18-11-15(13-19)7-4-3-5-8-15/h17,19H,2-13H2,1H3,(H,18,20). The molecule has 1 unspecified atom stereocenters. The van der Waals surface area contributed by atoms with Crippen LogP contribution in [-0.2, 0) is 4.79 Å². The van der Waals surface area contributed by atoms with Crippen molar-refractivity contribution in [3.8, 4) is 0 Å². The zero-order chi connectivity index (χ0) is 14.5. The summed E-state index contributed by atoms with van der Waals surface area (Å²) in [5, 5.41) is 16.2. The molecule has 1 atom stereocenters. The van der Waals surface area contributed by atoms with E-state index in [9.17, 15) is 9.90 Å². The van der Waals surface area contributed by atoms with Gasteiger partial charge in [0.25, 0.3) is 0 Å². The highest BCUT2D eigenvalue weighted by Crippen LogP contribution is 2.36. The second kappa shape index (κ2) is 6.90. The molecule has 0 bridgehead atoms. The van der Waals surface area contributed by atoms with Crippen LogP contribution in [0.2, 0.25) is 0 Å². The minimum Gasteiger partial charge on any atom is -0.396 e. The smallest absolute Gasteiger partial charge is 0.227 e. The maximum Gasteiger partial charge on any atom is 0.227 e. The summed E-state index contributed by atoms with van der Waals surface area (Å²) in [6.07, 6.45) is 8.65. The van der Waals surface area contributed by atoms with Gasteiger partial charge in [-0.25, -0.2) is 0 Å². The third-order valence-corrected chi connectivity index (χ3v) is 5.33. The van der Waals surface area contributed by atoms with E-state index < -0.39 is 0 Å². The lowest BCUT2D eigenvalue weighted by molar-refractivity contribution is -0.131. The third kappa shape index (κ3) is 3.34. The lowest BCUT2D eigenvalue weighted by Crippen LogP contribution is -2.48. The van der Waals surface area contributed by atoms with E-state index in [2.05, 4.69) is 17.6 Å². The van der Waals surface area contributed by atoms with Crippen molar-refractivity contribution in [3.63, 3.8) is 0 Å². The molecule has 1 saturated heterocycles. The minimum atomic E-state index is -0.208. The van der Waals surface area contributed by atoms with Crippen LogP contribution in [-0.4, -0.2) is 37.3 Å². The van der Waals surface area contributed by atoms with Crippen LogP contribution >= 0.6 is 0 Å². The van der Waals surface area contributed by atoms with Crippen molar-refractivity contribution in [3.05, 3.63) is 0 Å². The van der Waals surface area contributed by atoms with Crippen LogP contribution < -0.4 is 10.6 Å². The van der Waals surface area contributed by atoms with Crippen molar-refractivity contribution in [1.82, 2.24) is 10.6 Å². The van der Waals surface area contributed by atoms with E-state index in [1.807, 2.05) is 0 Å². The van der Waals surface area contributed by atoms with Crippen LogP contribution in [0.1, 0.15) is 58.3 Å². The van der Waals surface area contributed by atoms with Gasteiger partial charge in [0, 0.05) is 18.5 Å². The summed E-state index contributed by atoms with van der Waals surface area (Å²) in [5.41, 5.74) is -0.270. The van der Waals surface area contributed by atoms with Gasteiger partial charge in [0.2, 0.25) is 5.91 Å². The summed E-state index contributed by atoms with van der Waals surface area (Å²) in [5.74, 6) is 0.197. The molecule has 1 aliphatic heterocycles. The maximum absolute atomic E-state index is 12.6. The topological polar surface area (TPSA) is 61.4 Å². The highest BCUT2D eigenvalue weighted by molar-refractivity contribution is 5.83. The van der Waals surface area contributed by atoms with Crippen molar-refractivity contribution in [2.45, 2.75) is 58.3 Å². The number of hydrogen-bond acceptors (Lipinski definition) is 3. The molecule has 1 amide bonds. The van der Waals surface area contributed by atoms with E-state index in [-0.39, 0.29) is 23.3 Å². The van der Waals surface area contributed by atoms with Gasteiger partial charge in [0.05, 0.1) is 12.0 Å². The van der Waals surface area contributed by atoms with E-state index in [1.165, 1.54) is 19.3 Å². The first-order valence-corrected chi connectivity index (χ1v) is 8.26. The van der Waals surface area contributed by atoms with Gasteiger partial charge in [-0.15, -0.1) is 0 Å². The normalized spacial score (nSPS) is 29.3. The summed E-state index contributed by atoms with van der Waals surface area (Å²) < 4.78 is 0. The van der Waals surface area contributed by atoms with Crippen LogP contribution in [0.3, 0.4) is 0 Å². The van der Waals surface area contributed by atoms with Crippen molar-refractivity contribution < 1.29 is 9.90 Å². The van der Waals surface area contributed by atoms with Crippen molar-refractivity contribution in [1.29, 1.82) is 0 Å². The predicted molar refractivity (Wildman–Crippen MR) is 80.4 cm³/mol. The summed E-state index contributed by atoms with van der Waals surface area (Å²) in [7, 11) is 0. The first kappa shape index (κ1) is 15.8.